The third kappa shape index (κ3) is 8.02. The highest BCUT2D eigenvalue weighted by molar-refractivity contribution is 6.30. The summed E-state index contributed by atoms with van der Waals surface area (Å²) in [6, 6.07) is 14.1. The zero-order valence-corrected chi connectivity index (χ0v) is 21.2. The second-order valence-corrected chi connectivity index (χ2v) is 8.30. The van der Waals surface area contributed by atoms with Crippen molar-refractivity contribution in [1.82, 2.24) is 20.2 Å². The molecule has 0 fully saturated rings. The lowest BCUT2D eigenvalue weighted by atomic mass is 10.2. The highest BCUT2D eigenvalue weighted by atomic mass is 35.5. The number of oxazole rings is 2. The SMILES string of the molecule is CCCNCc1ncc(-c2ccccc2F)o1.CCN(CC)Cc1ncc(-c2ccc(Cl)cc2)o1. The minimum absolute atomic E-state index is 0.295. The molecule has 0 unspecified atom stereocenters. The first-order valence-corrected chi connectivity index (χ1v) is 12.2. The predicted molar refractivity (Wildman–Crippen MR) is 137 cm³/mol. The standard InChI is InChI=1S/C14H17ClN2O.C13H15FN2O/c1-3-17(4-2)10-14-16-9-13(18-14)11-5-7-12(15)8-6-11;1-2-7-15-9-13-16-8-12(17-13)10-5-3-4-6-11(10)14/h5-9H,3-4,10H2,1-2H3;3-6,8,15H,2,7,9H2,1H3. The molecule has 4 rings (SSSR count). The molecule has 0 bridgehead atoms. The molecular weight excluding hydrogens is 467 g/mol. The van der Waals surface area contributed by atoms with Crippen LogP contribution in [0.5, 0.6) is 0 Å². The third-order valence-corrected chi connectivity index (χ3v) is 5.58. The number of rotatable bonds is 10. The van der Waals surface area contributed by atoms with Crippen LogP contribution in [0.4, 0.5) is 4.39 Å². The summed E-state index contributed by atoms with van der Waals surface area (Å²) in [6.07, 6.45) is 4.38. The summed E-state index contributed by atoms with van der Waals surface area (Å²) in [5.74, 6) is 2.29. The van der Waals surface area contributed by atoms with Gasteiger partial charge in [0.05, 0.1) is 31.0 Å². The molecular formula is C27H32ClFN4O2. The van der Waals surface area contributed by atoms with E-state index < -0.39 is 0 Å². The molecule has 0 saturated heterocycles. The molecule has 35 heavy (non-hydrogen) atoms. The van der Waals surface area contributed by atoms with Crippen LogP contribution in [0.1, 0.15) is 39.0 Å². The molecule has 6 nitrogen and oxygen atoms in total. The Morgan fingerprint density at radius 2 is 1.54 bits per heavy atom. The Morgan fingerprint density at radius 3 is 2.23 bits per heavy atom. The topological polar surface area (TPSA) is 67.3 Å². The van der Waals surface area contributed by atoms with Crippen LogP contribution in [0.15, 0.2) is 69.8 Å². The molecule has 0 spiro atoms. The summed E-state index contributed by atoms with van der Waals surface area (Å²) < 4.78 is 24.7. The van der Waals surface area contributed by atoms with E-state index in [9.17, 15) is 4.39 Å². The monoisotopic (exact) mass is 498 g/mol. The Balaban J connectivity index is 0.000000196. The van der Waals surface area contributed by atoms with Crippen LogP contribution in [0.3, 0.4) is 0 Å². The fourth-order valence-electron chi connectivity index (χ4n) is 3.32. The minimum atomic E-state index is -0.295. The maximum absolute atomic E-state index is 13.5. The van der Waals surface area contributed by atoms with Crippen LogP contribution in [0.2, 0.25) is 5.02 Å². The van der Waals surface area contributed by atoms with Gasteiger partial charge in [0, 0.05) is 10.6 Å². The van der Waals surface area contributed by atoms with Crippen molar-refractivity contribution in [1.29, 1.82) is 0 Å². The predicted octanol–water partition coefficient (Wildman–Crippen LogP) is 6.82. The van der Waals surface area contributed by atoms with E-state index in [1.165, 1.54) is 6.07 Å². The summed E-state index contributed by atoms with van der Waals surface area (Å²) in [6.45, 7) is 10.6. The number of hydrogen-bond donors (Lipinski definition) is 1. The van der Waals surface area contributed by atoms with Crippen molar-refractivity contribution in [3.8, 4) is 22.6 Å². The van der Waals surface area contributed by atoms with Crippen molar-refractivity contribution in [3.63, 3.8) is 0 Å². The molecule has 0 aliphatic rings. The second kappa shape index (κ2) is 13.8. The van der Waals surface area contributed by atoms with Gasteiger partial charge in [0.1, 0.15) is 5.82 Å². The summed E-state index contributed by atoms with van der Waals surface area (Å²) in [5, 5.41) is 3.90. The number of benzene rings is 2. The lowest BCUT2D eigenvalue weighted by Crippen LogP contribution is -2.22. The van der Waals surface area contributed by atoms with Crippen LogP contribution in [0.25, 0.3) is 22.6 Å². The third-order valence-electron chi connectivity index (χ3n) is 5.33. The molecule has 2 aromatic carbocycles. The van der Waals surface area contributed by atoms with E-state index in [4.69, 9.17) is 20.4 Å². The molecule has 1 N–H and O–H groups in total. The summed E-state index contributed by atoms with van der Waals surface area (Å²) in [4.78, 5) is 10.7. The van der Waals surface area contributed by atoms with Crippen molar-refractivity contribution >= 4 is 11.6 Å². The lowest BCUT2D eigenvalue weighted by Gasteiger charge is -2.14. The van der Waals surface area contributed by atoms with Crippen molar-refractivity contribution in [2.45, 2.75) is 40.3 Å². The molecule has 0 radical (unpaired) electrons. The van der Waals surface area contributed by atoms with E-state index in [0.29, 0.717) is 23.8 Å². The van der Waals surface area contributed by atoms with E-state index >= 15 is 0 Å². The Labute approximate surface area is 211 Å². The van der Waals surface area contributed by atoms with Gasteiger partial charge < -0.3 is 14.2 Å². The van der Waals surface area contributed by atoms with E-state index in [2.05, 4.69) is 41.0 Å². The van der Waals surface area contributed by atoms with Crippen molar-refractivity contribution < 1.29 is 13.2 Å². The Bertz CT molecular complexity index is 1160. The molecule has 0 aliphatic carbocycles. The second-order valence-electron chi connectivity index (χ2n) is 7.86. The van der Waals surface area contributed by atoms with Gasteiger partial charge in [-0.2, -0.15) is 0 Å². The molecule has 8 heteroatoms. The molecule has 186 valence electrons. The molecule has 4 aromatic rings. The lowest BCUT2D eigenvalue weighted by molar-refractivity contribution is 0.264. The first-order chi connectivity index (χ1) is 17.0. The minimum Gasteiger partial charge on any atom is -0.439 e. The van der Waals surface area contributed by atoms with E-state index in [1.54, 1.807) is 30.6 Å². The Hall–Kier alpha value is -3.00. The molecule has 0 amide bonds. The molecule has 2 heterocycles. The van der Waals surface area contributed by atoms with Crippen LogP contribution < -0.4 is 5.32 Å². The van der Waals surface area contributed by atoms with Gasteiger partial charge in [-0.05, 0) is 62.5 Å². The van der Waals surface area contributed by atoms with Crippen molar-refractivity contribution in [2.75, 3.05) is 19.6 Å². The number of nitrogens with zero attached hydrogens (tertiary/aromatic N) is 3. The molecule has 0 saturated carbocycles. The number of aromatic nitrogens is 2. The number of halogens is 2. The van der Waals surface area contributed by atoms with E-state index in [0.717, 1.165) is 54.8 Å². The fraction of sp³-hybridized carbons (Fsp3) is 0.333. The highest BCUT2D eigenvalue weighted by Gasteiger charge is 2.10. The van der Waals surface area contributed by atoms with Gasteiger partial charge in [0.2, 0.25) is 11.8 Å². The number of nitrogens with one attached hydrogen (secondary N) is 1. The van der Waals surface area contributed by atoms with Crippen LogP contribution in [-0.4, -0.2) is 34.5 Å². The normalized spacial score (nSPS) is 10.9. The molecule has 0 aliphatic heterocycles. The van der Waals surface area contributed by atoms with Gasteiger partial charge in [0.25, 0.3) is 0 Å². The largest absolute Gasteiger partial charge is 0.439 e. The number of hydrogen-bond acceptors (Lipinski definition) is 6. The van der Waals surface area contributed by atoms with E-state index in [-0.39, 0.29) is 5.82 Å². The summed E-state index contributed by atoms with van der Waals surface area (Å²) in [5.41, 5.74) is 1.44. The van der Waals surface area contributed by atoms with Gasteiger partial charge in [0.15, 0.2) is 11.5 Å². The van der Waals surface area contributed by atoms with Gasteiger partial charge >= 0.3 is 0 Å². The first-order valence-electron chi connectivity index (χ1n) is 11.9. The van der Waals surface area contributed by atoms with Crippen LogP contribution >= 0.6 is 11.6 Å². The first kappa shape index (κ1) is 26.6. The van der Waals surface area contributed by atoms with Crippen LogP contribution in [0, 0.1) is 5.82 Å². The quantitative estimate of drug-likeness (QED) is 0.242. The molecule has 0 atom stereocenters. The smallest absolute Gasteiger partial charge is 0.209 e. The average molecular weight is 499 g/mol. The Kier molecular flexibility index (Phi) is 10.5. The van der Waals surface area contributed by atoms with E-state index in [1.807, 2.05) is 24.3 Å². The molecule has 2 aromatic heterocycles. The van der Waals surface area contributed by atoms with Gasteiger partial charge in [-0.25, -0.2) is 14.4 Å². The summed E-state index contributed by atoms with van der Waals surface area (Å²) in [7, 11) is 0. The van der Waals surface area contributed by atoms with Gasteiger partial charge in [-0.1, -0.05) is 44.5 Å². The summed E-state index contributed by atoms with van der Waals surface area (Å²) >= 11 is 5.86. The maximum atomic E-state index is 13.5. The van der Waals surface area contributed by atoms with Gasteiger partial charge in [-0.3, -0.25) is 4.90 Å². The van der Waals surface area contributed by atoms with Crippen molar-refractivity contribution in [3.05, 3.63) is 83.5 Å². The van der Waals surface area contributed by atoms with Gasteiger partial charge in [-0.15, -0.1) is 0 Å². The zero-order valence-electron chi connectivity index (χ0n) is 20.4. The van der Waals surface area contributed by atoms with Crippen molar-refractivity contribution in [2.24, 2.45) is 0 Å². The highest BCUT2D eigenvalue weighted by Crippen LogP contribution is 2.24. The van der Waals surface area contributed by atoms with Crippen LogP contribution in [-0.2, 0) is 13.1 Å². The zero-order chi connectivity index (χ0) is 25.0. The Morgan fingerprint density at radius 1 is 0.886 bits per heavy atom. The maximum Gasteiger partial charge on any atom is 0.209 e. The average Bonchev–Trinajstić information content (AvgIpc) is 3.54. The fourth-order valence-corrected chi connectivity index (χ4v) is 3.45.